The molecule has 0 fully saturated rings. The Morgan fingerprint density at radius 2 is 2.20 bits per heavy atom. The van der Waals surface area contributed by atoms with Gasteiger partial charge in [0, 0.05) is 25.5 Å². The SMILES string of the molecule is CCn1nccc1CN(C)C(=S)Nc1cccc(C)c1. The molecule has 0 radical (unpaired) electrons. The van der Waals surface area contributed by atoms with Gasteiger partial charge in [-0.05, 0) is 49.8 Å². The number of anilines is 1. The van der Waals surface area contributed by atoms with Gasteiger partial charge in [0.2, 0.25) is 0 Å². The summed E-state index contributed by atoms with van der Waals surface area (Å²) in [4.78, 5) is 2.01. The van der Waals surface area contributed by atoms with Crippen molar-refractivity contribution in [2.75, 3.05) is 12.4 Å². The van der Waals surface area contributed by atoms with Crippen LogP contribution in [0.5, 0.6) is 0 Å². The van der Waals surface area contributed by atoms with Gasteiger partial charge < -0.3 is 10.2 Å². The lowest BCUT2D eigenvalue weighted by Crippen LogP contribution is -2.31. The second kappa shape index (κ2) is 6.52. The van der Waals surface area contributed by atoms with E-state index in [-0.39, 0.29) is 0 Å². The van der Waals surface area contributed by atoms with Gasteiger partial charge in [-0.25, -0.2) is 0 Å². The molecule has 1 aromatic carbocycles. The number of nitrogens with one attached hydrogen (secondary N) is 1. The lowest BCUT2D eigenvalue weighted by Gasteiger charge is -2.21. The average molecular weight is 288 g/mol. The highest BCUT2D eigenvalue weighted by molar-refractivity contribution is 7.80. The van der Waals surface area contributed by atoms with Crippen molar-refractivity contribution in [3.8, 4) is 0 Å². The van der Waals surface area contributed by atoms with Crippen molar-refractivity contribution in [3.63, 3.8) is 0 Å². The first-order chi connectivity index (χ1) is 9.60. The first kappa shape index (κ1) is 14.5. The molecule has 4 nitrogen and oxygen atoms in total. The molecule has 0 atom stereocenters. The molecule has 0 spiro atoms. The van der Waals surface area contributed by atoms with Gasteiger partial charge in [0.1, 0.15) is 0 Å². The fourth-order valence-electron chi connectivity index (χ4n) is 2.04. The summed E-state index contributed by atoms with van der Waals surface area (Å²) in [6.07, 6.45) is 1.82. The third kappa shape index (κ3) is 3.57. The van der Waals surface area contributed by atoms with E-state index in [2.05, 4.69) is 36.4 Å². The maximum atomic E-state index is 5.44. The monoisotopic (exact) mass is 288 g/mol. The maximum Gasteiger partial charge on any atom is 0.173 e. The second-order valence-corrected chi connectivity index (χ2v) is 5.18. The van der Waals surface area contributed by atoms with E-state index in [9.17, 15) is 0 Å². The molecular weight excluding hydrogens is 268 g/mol. The molecule has 1 aromatic heterocycles. The number of nitrogens with zero attached hydrogens (tertiary/aromatic N) is 3. The fourth-order valence-corrected chi connectivity index (χ4v) is 2.22. The third-order valence-corrected chi connectivity index (χ3v) is 3.53. The number of hydrogen-bond acceptors (Lipinski definition) is 2. The summed E-state index contributed by atoms with van der Waals surface area (Å²) in [5.41, 5.74) is 3.39. The van der Waals surface area contributed by atoms with E-state index < -0.39 is 0 Å². The van der Waals surface area contributed by atoms with Crippen LogP contribution in [0, 0.1) is 6.92 Å². The smallest absolute Gasteiger partial charge is 0.173 e. The molecule has 2 rings (SSSR count). The normalized spacial score (nSPS) is 10.3. The summed E-state index contributed by atoms with van der Waals surface area (Å²) < 4.78 is 1.98. The van der Waals surface area contributed by atoms with Crippen LogP contribution in [0.4, 0.5) is 5.69 Å². The van der Waals surface area contributed by atoms with E-state index in [0.717, 1.165) is 24.5 Å². The lowest BCUT2D eigenvalue weighted by molar-refractivity contribution is 0.471. The van der Waals surface area contributed by atoms with Gasteiger partial charge in [0.25, 0.3) is 0 Å². The van der Waals surface area contributed by atoms with Crippen molar-refractivity contribution in [3.05, 3.63) is 47.8 Å². The second-order valence-electron chi connectivity index (χ2n) is 4.79. The van der Waals surface area contributed by atoms with Gasteiger partial charge in [0.05, 0.1) is 12.2 Å². The molecule has 0 saturated heterocycles. The summed E-state index contributed by atoms with van der Waals surface area (Å²) in [5, 5.41) is 8.24. The van der Waals surface area contributed by atoms with Crippen LogP contribution >= 0.6 is 12.2 Å². The van der Waals surface area contributed by atoms with Crippen LogP contribution in [0.2, 0.25) is 0 Å². The summed E-state index contributed by atoms with van der Waals surface area (Å²) >= 11 is 5.44. The predicted octanol–water partition coefficient (Wildman–Crippen LogP) is 3.04. The molecule has 20 heavy (non-hydrogen) atoms. The largest absolute Gasteiger partial charge is 0.346 e. The average Bonchev–Trinajstić information content (AvgIpc) is 2.85. The van der Waals surface area contributed by atoms with Crippen molar-refractivity contribution < 1.29 is 0 Å². The van der Waals surface area contributed by atoms with Crippen LogP contribution < -0.4 is 5.32 Å². The fraction of sp³-hybridized carbons (Fsp3) is 0.333. The van der Waals surface area contributed by atoms with Gasteiger partial charge >= 0.3 is 0 Å². The highest BCUT2D eigenvalue weighted by Gasteiger charge is 2.08. The van der Waals surface area contributed by atoms with Crippen LogP contribution in [0.25, 0.3) is 0 Å². The molecule has 0 aliphatic rings. The Balaban J connectivity index is 1.99. The predicted molar refractivity (Wildman–Crippen MR) is 86.8 cm³/mol. The number of aromatic nitrogens is 2. The van der Waals surface area contributed by atoms with Crippen molar-refractivity contribution >= 4 is 23.0 Å². The van der Waals surface area contributed by atoms with Gasteiger partial charge in [-0.1, -0.05) is 12.1 Å². The summed E-state index contributed by atoms with van der Waals surface area (Å²) in [6.45, 7) is 5.76. The van der Waals surface area contributed by atoms with Crippen LogP contribution in [0.15, 0.2) is 36.5 Å². The minimum atomic E-state index is 0.708. The van der Waals surface area contributed by atoms with Gasteiger partial charge in [-0.3, -0.25) is 4.68 Å². The standard InChI is InChI=1S/C15H20N4S/c1-4-19-14(8-9-16-19)11-18(3)15(20)17-13-7-5-6-12(2)10-13/h5-10H,4,11H2,1-3H3,(H,17,20). The molecule has 1 N–H and O–H groups in total. The topological polar surface area (TPSA) is 33.1 Å². The van der Waals surface area contributed by atoms with Crippen molar-refractivity contribution in [2.24, 2.45) is 0 Å². The molecule has 0 aliphatic heterocycles. The molecule has 5 heteroatoms. The quantitative estimate of drug-likeness (QED) is 0.877. The molecule has 2 aromatic rings. The Labute approximate surface area is 125 Å². The van der Waals surface area contributed by atoms with Crippen molar-refractivity contribution in [2.45, 2.75) is 26.9 Å². The molecule has 0 bridgehead atoms. The molecule has 1 heterocycles. The van der Waals surface area contributed by atoms with Gasteiger partial charge in [-0.15, -0.1) is 0 Å². The van der Waals surface area contributed by atoms with E-state index in [1.807, 2.05) is 41.0 Å². The molecule has 0 saturated carbocycles. The van der Waals surface area contributed by atoms with E-state index in [1.165, 1.54) is 5.56 Å². The highest BCUT2D eigenvalue weighted by atomic mass is 32.1. The Hall–Kier alpha value is -1.88. The minimum Gasteiger partial charge on any atom is -0.346 e. The summed E-state index contributed by atoms with van der Waals surface area (Å²) in [7, 11) is 1.98. The van der Waals surface area contributed by atoms with E-state index in [1.54, 1.807) is 0 Å². The number of hydrogen-bond donors (Lipinski definition) is 1. The first-order valence-electron chi connectivity index (χ1n) is 6.69. The Morgan fingerprint density at radius 1 is 1.40 bits per heavy atom. The van der Waals surface area contributed by atoms with Crippen LogP contribution in [0.3, 0.4) is 0 Å². The van der Waals surface area contributed by atoms with Crippen LogP contribution in [-0.4, -0.2) is 26.8 Å². The minimum absolute atomic E-state index is 0.708. The van der Waals surface area contributed by atoms with E-state index in [0.29, 0.717) is 5.11 Å². The van der Waals surface area contributed by atoms with Crippen molar-refractivity contribution in [1.82, 2.24) is 14.7 Å². The number of thiocarbonyl (C=S) groups is 1. The maximum absolute atomic E-state index is 5.44. The van der Waals surface area contributed by atoms with Crippen LogP contribution in [0.1, 0.15) is 18.2 Å². The Morgan fingerprint density at radius 3 is 2.90 bits per heavy atom. The molecule has 106 valence electrons. The highest BCUT2D eigenvalue weighted by Crippen LogP contribution is 2.11. The van der Waals surface area contributed by atoms with E-state index in [4.69, 9.17) is 12.2 Å². The lowest BCUT2D eigenvalue weighted by atomic mass is 10.2. The molecular formula is C15H20N4S. The number of benzene rings is 1. The zero-order valence-corrected chi connectivity index (χ0v) is 12.9. The summed E-state index contributed by atoms with van der Waals surface area (Å²) in [5.74, 6) is 0. The molecule has 0 amide bonds. The van der Waals surface area contributed by atoms with Crippen LogP contribution in [-0.2, 0) is 13.1 Å². The first-order valence-corrected chi connectivity index (χ1v) is 7.10. The number of aryl methyl sites for hydroxylation is 2. The van der Waals surface area contributed by atoms with Gasteiger partial charge in [-0.2, -0.15) is 5.10 Å². The van der Waals surface area contributed by atoms with E-state index >= 15 is 0 Å². The molecule has 0 aliphatic carbocycles. The van der Waals surface area contributed by atoms with Crippen molar-refractivity contribution in [1.29, 1.82) is 0 Å². The van der Waals surface area contributed by atoms with Gasteiger partial charge in [0.15, 0.2) is 5.11 Å². The molecule has 0 unspecified atom stereocenters. The summed E-state index contributed by atoms with van der Waals surface area (Å²) in [6, 6.07) is 10.2. The Bertz CT molecular complexity index is 591. The Kier molecular flexibility index (Phi) is 4.74. The third-order valence-electron chi connectivity index (χ3n) is 3.12. The zero-order valence-electron chi connectivity index (χ0n) is 12.1. The number of rotatable bonds is 4. The zero-order chi connectivity index (χ0) is 14.5.